The van der Waals surface area contributed by atoms with E-state index in [0.29, 0.717) is 44.4 Å². The van der Waals surface area contributed by atoms with E-state index in [-0.39, 0.29) is 35.2 Å². The van der Waals surface area contributed by atoms with Gasteiger partial charge in [-0.3, -0.25) is 9.48 Å². The molecule has 0 amide bonds. The van der Waals surface area contributed by atoms with Gasteiger partial charge in [-0.05, 0) is 68.0 Å². The third-order valence-corrected chi connectivity index (χ3v) is 9.22. The molecule has 13 heteroatoms. The Morgan fingerprint density at radius 2 is 1.83 bits per heavy atom. The van der Waals surface area contributed by atoms with Crippen molar-refractivity contribution in [3.05, 3.63) is 93.9 Å². The van der Waals surface area contributed by atoms with Gasteiger partial charge in [0, 0.05) is 47.7 Å². The normalized spacial score (nSPS) is 19.6. The van der Waals surface area contributed by atoms with E-state index < -0.39 is 46.7 Å². The highest BCUT2D eigenvalue weighted by Gasteiger charge is 2.60. The molecule has 2 aliphatic carbocycles. The second-order valence-corrected chi connectivity index (χ2v) is 13.3. The number of fused-ring (bicyclic) bond motifs is 4. The summed E-state index contributed by atoms with van der Waals surface area (Å²) in [6, 6.07) is 7.90. The second-order valence-electron chi connectivity index (χ2n) is 13.3. The van der Waals surface area contributed by atoms with Crippen LogP contribution in [0, 0.1) is 23.5 Å². The number of pyridine rings is 1. The first-order valence-electron chi connectivity index (χ1n) is 15.7. The summed E-state index contributed by atoms with van der Waals surface area (Å²) in [4.78, 5) is 18.4. The summed E-state index contributed by atoms with van der Waals surface area (Å²) < 4.78 is 85.8. The molecule has 48 heavy (non-hydrogen) atoms. The van der Waals surface area contributed by atoms with Gasteiger partial charge < -0.3 is 19.5 Å². The van der Waals surface area contributed by atoms with Gasteiger partial charge in [-0.2, -0.15) is 18.3 Å². The zero-order valence-corrected chi connectivity index (χ0v) is 26.4. The largest absolute Gasteiger partial charge is 0.473 e. The van der Waals surface area contributed by atoms with Crippen LogP contribution in [0.25, 0.3) is 11.1 Å². The van der Waals surface area contributed by atoms with E-state index in [9.17, 15) is 23.1 Å². The number of anilines is 1. The number of hydrogen-bond acceptors (Lipinski definition) is 7. The number of esters is 1. The van der Waals surface area contributed by atoms with E-state index in [0.717, 1.165) is 22.4 Å². The van der Waals surface area contributed by atoms with Crippen molar-refractivity contribution in [1.29, 1.82) is 0 Å². The van der Waals surface area contributed by atoms with E-state index in [1.165, 1.54) is 12.1 Å². The van der Waals surface area contributed by atoms with E-state index in [1.807, 2.05) is 11.1 Å². The van der Waals surface area contributed by atoms with Crippen LogP contribution in [0.1, 0.15) is 60.2 Å². The fourth-order valence-electron chi connectivity index (χ4n) is 7.06. The molecule has 0 saturated heterocycles. The highest BCUT2D eigenvalue weighted by molar-refractivity contribution is 5.79. The summed E-state index contributed by atoms with van der Waals surface area (Å²) in [5.74, 6) is -2.98. The number of ether oxygens (including phenoxy) is 2. The van der Waals surface area contributed by atoms with E-state index in [4.69, 9.17) is 9.47 Å². The standard InChI is InChI=1S/C35H33F5N4O4/c1-4-47-33(45)31-22-9-19-10-28(41-12-23(19)30(22)31)48-16-24-26(36)11-25(35(38,39)40)29(32(24)37)18-5-7-21(8-6-18)43-13-20-14-44(17-34(2,3)46)42-27(20)15-43/h5-8,10-12,14,22,30-31,46H,4,9,13,15-17H2,1-3H3/t22-,30+,31-/m0/s1. The Morgan fingerprint density at radius 1 is 1.08 bits per heavy atom. The van der Waals surface area contributed by atoms with Crippen LogP contribution in [0.3, 0.4) is 0 Å². The number of carbonyl (C=O) groups is 1. The summed E-state index contributed by atoms with van der Waals surface area (Å²) in [5, 5.41) is 14.6. The number of alkyl halides is 3. The average Bonchev–Trinajstić information content (AvgIpc) is 3.23. The minimum atomic E-state index is -5.02. The van der Waals surface area contributed by atoms with Crippen molar-refractivity contribution >= 4 is 11.7 Å². The molecule has 3 aliphatic rings. The number of hydrogen-bond donors (Lipinski definition) is 1. The maximum Gasteiger partial charge on any atom is 0.417 e. The lowest BCUT2D eigenvalue weighted by atomic mass is 9.95. The van der Waals surface area contributed by atoms with Crippen LogP contribution in [0.2, 0.25) is 0 Å². The van der Waals surface area contributed by atoms with Crippen LogP contribution < -0.4 is 9.64 Å². The molecular formula is C35H33F5N4O4. The molecule has 1 saturated carbocycles. The fraction of sp³-hybridized carbons (Fsp3) is 0.400. The minimum absolute atomic E-state index is 0.0187. The maximum absolute atomic E-state index is 15.9. The molecule has 2 aromatic carbocycles. The number of carbonyl (C=O) groups excluding carboxylic acids is 1. The van der Waals surface area contributed by atoms with Gasteiger partial charge in [0.15, 0.2) is 0 Å². The molecule has 1 fully saturated rings. The molecule has 8 nitrogen and oxygen atoms in total. The van der Waals surface area contributed by atoms with Crippen molar-refractivity contribution in [1.82, 2.24) is 14.8 Å². The van der Waals surface area contributed by atoms with Gasteiger partial charge in [0.25, 0.3) is 0 Å². The number of halogens is 5. The molecule has 0 bridgehead atoms. The lowest BCUT2D eigenvalue weighted by Gasteiger charge is -2.21. The third kappa shape index (κ3) is 5.88. The van der Waals surface area contributed by atoms with Crippen LogP contribution in [0.15, 0.2) is 48.8 Å². The van der Waals surface area contributed by atoms with Crippen molar-refractivity contribution in [2.45, 2.75) is 71.1 Å². The molecule has 1 aliphatic heterocycles. The molecule has 0 unspecified atom stereocenters. The quantitative estimate of drug-likeness (QED) is 0.160. The Kier molecular flexibility index (Phi) is 7.73. The monoisotopic (exact) mass is 668 g/mol. The highest BCUT2D eigenvalue weighted by Crippen LogP contribution is 2.62. The molecule has 3 atom stereocenters. The molecule has 252 valence electrons. The lowest BCUT2D eigenvalue weighted by Crippen LogP contribution is -2.26. The summed E-state index contributed by atoms with van der Waals surface area (Å²) in [6.07, 6.45) is -0.986. The smallest absolute Gasteiger partial charge is 0.417 e. The molecule has 1 N–H and O–H groups in total. The number of benzene rings is 2. The molecular weight excluding hydrogens is 635 g/mol. The molecule has 3 heterocycles. The summed E-state index contributed by atoms with van der Waals surface area (Å²) >= 11 is 0. The Labute approximate surface area is 273 Å². The van der Waals surface area contributed by atoms with Gasteiger partial charge >= 0.3 is 12.1 Å². The van der Waals surface area contributed by atoms with Crippen molar-refractivity contribution in [2.75, 3.05) is 11.5 Å². The topological polar surface area (TPSA) is 89.7 Å². The third-order valence-electron chi connectivity index (χ3n) is 9.22. The lowest BCUT2D eigenvalue weighted by molar-refractivity contribution is -0.145. The average molecular weight is 669 g/mol. The van der Waals surface area contributed by atoms with Crippen LogP contribution in [-0.2, 0) is 48.4 Å². The first-order valence-corrected chi connectivity index (χ1v) is 15.7. The first kappa shape index (κ1) is 32.0. The van der Waals surface area contributed by atoms with Crippen LogP contribution in [0.5, 0.6) is 5.88 Å². The van der Waals surface area contributed by atoms with Crippen molar-refractivity contribution in [3.63, 3.8) is 0 Å². The van der Waals surface area contributed by atoms with E-state index in [1.54, 1.807) is 49.8 Å². The number of aromatic nitrogens is 3. The molecule has 7 rings (SSSR count). The Morgan fingerprint density at radius 3 is 2.50 bits per heavy atom. The van der Waals surface area contributed by atoms with E-state index in [2.05, 4.69) is 10.1 Å². The maximum atomic E-state index is 15.9. The van der Waals surface area contributed by atoms with Crippen LogP contribution >= 0.6 is 0 Å². The van der Waals surface area contributed by atoms with Crippen LogP contribution in [0.4, 0.5) is 27.6 Å². The molecule has 0 spiro atoms. The fourth-order valence-corrected chi connectivity index (χ4v) is 7.06. The summed E-state index contributed by atoms with van der Waals surface area (Å²) in [7, 11) is 0. The van der Waals surface area contributed by atoms with Gasteiger partial charge in [-0.25, -0.2) is 13.8 Å². The van der Waals surface area contributed by atoms with Gasteiger partial charge in [0.2, 0.25) is 5.88 Å². The summed E-state index contributed by atoms with van der Waals surface area (Å²) in [6.45, 7) is 6.04. The van der Waals surface area contributed by atoms with E-state index >= 15 is 8.78 Å². The van der Waals surface area contributed by atoms with Gasteiger partial charge in [-0.1, -0.05) is 12.1 Å². The zero-order chi connectivity index (χ0) is 34.1. The highest BCUT2D eigenvalue weighted by atomic mass is 19.4. The molecule has 2 aromatic heterocycles. The zero-order valence-electron chi connectivity index (χ0n) is 26.4. The second kappa shape index (κ2) is 11.6. The SMILES string of the molecule is CCOC(=O)[C@H]1[C@H]2Cc3cc(OCc4c(F)cc(C(F)(F)F)c(-c5ccc(N6Cc7cn(CC(C)(C)O)nc7C6)cc5)c4F)ncc3[C@@H]21. The van der Waals surface area contributed by atoms with Gasteiger partial charge in [0.1, 0.15) is 18.2 Å². The molecule has 4 aromatic rings. The minimum Gasteiger partial charge on any atom is -0.473 e. The van der Waals surface area contributed by atoms with Gasteiger partial charge in [-0.15, -0.1) is 0 Å². The number of nitrogens with zero attached hydrogens (tertiary/aromatic N) is 4. The first-order chi connectivity index (χ1) is 22.7. The Hall–Kier alpha value is -4.52. The summed E-state index contributed by atoms with van der Waals surface area (Å²) in [5.41, 5.74) is 0.447. The predicted molar refractivity (Wildman–Crippen MR) is 164 cm³/mol. The Balaban J connectivity index is 1.09. The number of rotatable bonds is 9. The van der Waals surface area contributed by atoms with Crippen molar-refractivity contribution < 1.29 is 41.3 Å². The van der Waals surface area contributed by atoms with Crippen molar-refractivity contribution in [3.8, 4) is 17.0 Å². The Bertz CT molecular complexity index is 1880. The number of aliphatic hydroxyl groups is 1. The van der Waals surface area contributed by atoms with Crippen molar-refractivity contribution in [2.24, 2.45) is 11.8 Å². The predicted octanol–water partition coefficient (Wildman–Crippen LogP) is 6.56. The molecule has 0 radical (unpaired) electrons. The van der Waals surface area contributed by atoms with Crippen LogP contribution in [-0.4, -0.2) is 38.0 Å². The van der Waals surface area contributed by atoms with Gasteiger partial charge in [0.05, 0.1) is 48.0 Å².